The third kappa shape index (κ3) is 4.03. The predicted molar refractivity (Wildman–Crippen MR) is 74.6 cm³/mol. The van der Waals surface area contributed by atoms with Crippen LogP contribution < -0.4 is 10.2 Å². The maximum atomic E-state index is 12.8. The van der Waals surface area contributed by atoms with Gasteiger partial charge >= 0.3 is 0 Å². The third-order valence-electron chi connectivity index (χ3n) is 3.75. The van der Waals surface area contributed by atoms with Crippen LogP contribution in [0.2, 0.25) is 0 Å². The van der Waals surface area contributed by atoms with Crippen molar-refractivity contribution in [3.05, 3.63) is 30.1 Å². The number of anilines is 1. The van der Waals surface area contributed by atoms with Gasteiger partial charge in [0.05, 0.1) is 0 Å². The summed E-state index contributed by atoms with van der Waals surface area (Å²) in [6.07, 6.45) is 3.89. The zero-order valence-corrected chi connectivity index (χ0v) is 11.4. The van der Waals surface area contributed by atoms with Gasteiger partial charge in [0.25, 0.3) is 0 Å². The van der Waals surface area contributed by atoms with Crippen LogP contribution in [0.3, 0.4) is 0 Å². The van der Waals surface area contributed by atoms with Crippen molar-refractivity contribution in [2.75, 3.05) is 25.0 Å². The summed E-state index contributed by atoms with van der Waals surface area (Å²) in [5.74, 6) is 0.425. The number of hydrogen-bond acceptors (Lipinski definition) is 2. The molecular formula is C15H21FN2O. The molecular weight excluding hydrogens is 243 g/mol. The number of nitrogens with zero attached hydrogens (tertiary/aromatic N) is 1. The molecule has 1 unspecified atom stereocenters. The van der Waals surface area contributed by atoms with Crippen molar-refractivity contribution in [2.45, 2.75) is 25.7 Å². The van der Waals surface area contributed by atoms with Gasteiger partial charge in [0.2, 0.25) is 5.91 Å². The zero-order chi connectivity index (χ0) is 13.7. The van der Waals surface area contributed by atoms with Gasteiger partial charge in [0, 0.05) is 19.2 Å². The van der Waals surface area contributed by atoms with Crippen molar-refractivity contribution in [3.8, 4) is 0 Å². The third-order valence-corrected chi connectivity index (χ3v) is 3.75. The molecule has 1 saturated heterocycles. The van der Waals surface area contributed by atoms with E-state index in [1.165, 1.54) is 25.0 Å². The molecule has 1 aromatic rings. The Labute approximate surface area is 113 Å². The number of piperidine rings is 1. The number of benzene rings is 1. The Morgan fingerprint density at radius 2 is 2.16 bits per heavy atom. The quantitative estimate of drug-likeness (QED) is 0.906. The van der Waals surface area contributed by atoms with Crippen LogP contribution in [-0.4, -0.2) is 26.0 Å². The fourth-order valence-electron chi connectivity index (χ4n) is 2.47. The summed E-state index contributed by atoms with van der Waals surface area (Å²) in [5.41, 5.74) is 0.744. The second-order valence-corrected chi connectivity index (χ2v) is 5.18. The van der Waals surface area contributed by atoms with Gasteiger partial charge in [-0.2, -0.15) is 0 Å². The van der Waals surface area contributed by atoms with Crippen molar-refractivity contribution in [2.24, 2.45) is 5.92 Å². The molecule has 4 heteroatoms. The molecule has 1 fully saturated rings. The predicted octanol–water partition coefficient (Wildman–Crippen LogP) is 2.57. The maximum absolute atomic E-state index is 12.8. The molecule has 0 spiro atoms. The lowest BCUT2D eigenvalue weighted by atomic mass is 9.94. The molecule has 3 nitrogen and oxygen atoms in total. The Morgan fingerprint density at radius 3 is 2.79 bits per heavy atom. The first kappa shape index (κ1) is 14.0. The molecule has 1 heterocycles. The van der Waals surface area contributed by atoms with Crippen LogP contribution in [-0.2, 0) is 4.79 Å². The molecule has 1 aliphatic rings. The average Bonchev–Trinajstić information content (AvgIpc) is 2.46. The van der Waals surface area contributed by atoms with E-state index >= 15 is 0 Å². The van der Waals surface area contributed by atoms with E-state index in [0.29, 0.717) is 12.3 Å². The van der Waals surface area contributed by atoms with Crippen molar-refractivity contribution in [1.29, 1.82) is 0 Å². The first-order valence-electron chi connectivity index (χ1n) is 6.89. The molecule has 19 heavy (non-hydrogen) atoms. The lowest BCUT2D eigenvalue weighted by Gasteiger charge is -2.23. The maximum Gasteiger partial charge on any atom is 0.226 e. The average molecular weight is 264 g/mol. The molecule has 0 radical (unpaired) electrons. The number of carbonyl (C=O) groups is 1. The van der Waals surface area contributed by atoms with E-state index in [-0.39, 0.29) is 11.7 Å². The minimum absolute atomic E-state index is 0.0946. The van der Waals surface area contributed by atoms with Crippen molar-refractivity contribution >= 4 is 11.6 Å². The van der Waals surface area contributed by atoms with Crippen LogP contribution in [0.1, 0.15) is 25.7 Å². The van der Waals surface area contributed by atoms with E-state index in [2.05, 4.69) is 5.32 Å². The van der Waals surface area contributed by atoms with Gasteiger partial charge < -0.3 is 10.2 Å². The second kappa shape index (κ2) is 6.66. The van der Waals surface area contributed by atoms with Crippen molar-refractivity contribution in [3.63, 3.8) is 0 Å². The van der Waals surface area contributed by atoms with Crippen LogP contribution >= 0.6 is 0 Å². The van der Waals surface area contributed by atoms with Gasteiger partial charge in [-0.1, -0.05) is 0 Å². The molecule has 1 aromatic carbocycles. The topological polar surface area (TPSA) is 32.3 Å². The van der Waals surface area contributed by atoms with E-state index in [0.717, 1.165) is 25.2 Å². The van der Waals surface area contributed by atoms with Crippen LogP contribution in [0.4, 0.5) is 10.1 Å². The highest BCUT2D eigenvalue weighted by atomic mass is 19.1. The van der Waals surface area contributed by atoms with Crippen molar-refractivity contribution in [1.82, 2.24) is 5.32 Å². The minimum Gasteiger partial charge on any atom is -0.316 e. The summed E-state index contributed by atoms with van der Waals surface area (Å²) in [5, 5.41) is 3.36. The summed E-state index contributed by atoms with van der Waals surface area (Å²) in [4.78, 5) is 13.7. The highest BCUT2D eigenvalue weighted by Gasteiger charge is 2.16. The number of amides is 1. The lowest BCUT2D eigenvalue weighted by molar-refractivity contribution is -0.118. The Bertz CT molecular complexity index is 413. The van der Waals surface area contributed by atoms with Gasteiger partial charge in [0.15, 0.2) is 0 Å². The fraction of sp³-hybridized carbons (Fsp3) is 0.533. The van der Waals surface area contributed by atoms with Crippen LogP contribution in [0, 0.1) is 11.7 Å². The first-order chi connectivity index (χ1) is 9.16. The van der Waals surface area contributed by atoms with E-state index < -0.39 is 0 Å². The number of rotatable bonds is 4. The van der Waals surface area contributed by atoms with E-state index in [1.807, 2.05) is 0 Å². The van der Waals surface area contributed by atoms with Gasteiger partial charge in [-0.05, 0) is 62.5 Å². The molecule has 1 amide bonds. The molecule has 1 N–H and O–H groups in total. The molecule has 0 bridgehead atoms. The Kier molecular flexibility index (Phi) is 4.91. The monoisotopic (exact) mass is 264 g/mol. The standard InChI is InChI=1S/C15H21FN2O/c1-18(14-7-5-13(16)6-8-14)15(19)9-4-12-3-2-10-17-11-12/h5-8,12,17H,2-4,9-11H2,1H3. The zero-order valence-electron chi connectivity index (χ0n) is 11.4. The highest BCUT2D eigenvalue weighted by molar-refractivity contribution is 5.92. The van der Waals surface area contributed by atoms with Gasteiger partial charge in [-0.3, -0.25) is 4.79 Å². The van der Waals surface area contributed by atoms with Crippen LogP contribution in [0.5, 0.6) is 0 Å². The summed E-state index contributed by atoms with van der Waals surface area (Å²) in [7, 11) is 1.74. The number of carbonyl (C=O) groups excluding carboxylic acids is 1. The minimum atomic E-state index is -0.280. The Morgan fingerprint density at radius 1 is 1.42 bits per heavy atom. The second-order valence-electron chi connectivity index (χ2n) is 5.18. The molecule has 1 atom stereocenters. The lowest BCUT2D eigenvalue weighted by Crippen LogP contribution is -2.31. The summed E-state index contributed by atoms with van der Waals surface area (Å²) in [6, 6.07) is 6.03. The molecule has 1 aliphatic heterocycles. The number of hydrogen-bond donors (Lipinski definition) is 1. The largest absolute Gasteiger partial charge is 0.316 e. The van der Waals surface area contributed by atoms with E-state index in [1.54, 1.807) is 24.1 Å². The molecule has 0 aliphatic carbocycles. The van der Waals surface area contributed by atoms with E-state index in [9.17, 15) is 9.18 Å². The van der Waals surface area contributed by atoms with Gasteiger partial charge in [-0.15, -0.1) is 0 Å². The summed E-state index contributed by atoms with van der Waals surface area (Å²) < 4.78 is 12.8. The van der Waals surface area contributed by atoms with Gasteiger partial charge in [-0.25, -0.2) is 4.39 Å². The Balaban J connectivity index is 1.83. The van der Waals surface area contributed by atoms with Crippen LogP contribution in [0.15, 0.2) is 24.3 Å². The normalized spacial score (nSPS) is 19.2. The number of halogens is 1. The Hall–Kier alpha value is -1.42. The molecule has 0 saturated carbocycles. The molecule has 0 aromatic heterocycles. The highest BCUT2D eigenvalue weighted by Crippen LogP contribution is 2.19. The fourth-order valence-corrected chi connectivity index (χ4v) is 2.47. The molecule has 2 rings (SSSR count). The van der Waals surface area contributed by atoms with Crippen molar-refractivity contribution < 1.29 is 9.18 Å². The smallest absolute Gasteiger partial charge is 0.226 e. The van der Waals surface area contributed by atoms with Crippen LogP contribution in [0.25, 0.3) is 0 Å². The number of nitrogens with one attached hydrogen (secondary N) is 1. The first-order valence-corrected chi connectivity index (χ1v) is 6.89. The van der Waals surface area contributed by atoms with E-state index in [4.69, 9.17) is 0 Å². The SMILES string of the molecule is CN(C(=O)CCC1CCCNC1)c1ccc(F)cc1. The van der Waals surface area contributed by atoms with Gasteiger partial charge in [0.1, 0.15) is 5.82 Å². The molecule has 104 valence electrons. The summed E-state index contributed by atoms with van der Waals surface area (Å²) >= 11 is 0. The summed E-state index contributed by atoms with van der Waals surface area (Å²) in [6.45, 7) is 2.12.